The Morgan fingerprint density at radius 2 is 1.04 bits per heavy atom. The SMILES string of the molecule is CC(=O)O[C@@H]1[C@@H](OC(C)=O)[C@@H](c2ccccc2)CC[C@@H]1c1ccccc1. The van der Waals surface area contributed by atoms with Gasteiger partial charge in [-0.3, -0.25) is 9.59 Å². The van der Waals surface area contributed by atoms with Crippen LogP contribution in [-0.2, 0) is 19.1 Å². The standard InChI is InChI=1S/C22H24O4/c1-15(23)25-21-19(17-9-5-3-6-10-17)13-14-20(22(21)26-16(2)24)18-11-7-4-8-12-18/h3-12,19-22H,13-14H2,1-2H3/t19-,20-,21+,22+/m1/s1. The molecule has 0 saturated heterocycles. The van der Waals surface area contributed by atoms with Gasteiger partial charge in [-0.05, 0) is 24.0 Å². The molecule has 1 aliphatic carbocycles. The largest absolute Gasteiger partial charge is 0.458 e. The lowest BCUT2D eigenvalue weighted by atomic mass is 9.72. The lowest BCUT2D eigenvalue weighted by Gasteiger charge is -2.42. The minimum atomic E-state index is -0.502. The van der Waals surface area contributed by atoms with Gasteiger partial charge in [0.1, 0.15) is 12.2 Å². The smallest absolute Gasteiger partial charge is 0.303 e. The van der Waals surface area contributed by atoms with Crippen LogP contribution in [0.1, 0.15) is 49.7 Å². The van der Waals surface area contributed by atoms with Crippen molar-refractivity contribution in [3.8, 4) is 0 Å². The summed E-state index contributed by atoms with van der Waals surface area (Å²) in [5.74, 6) is -0.711. The van der Waals surface area contributed by atoms with E-state index in [1.807, 2.05) is 60.7 Å². The zero-order chi connectivity index (χ0) is 18.5. The summed E-state index contributed by atoms with van der Waals surface area (Å²) in [6.45, 7) is 2.80. The van der Waals surface area contributed by atoms with Crippen molar-refractivity contribution in [1.82, 2.24) is 0 Å². The van der Waals surface area contributed by atoms with E-state index in [1.165, 1.54) is 13.8 Å². The van der Waals surface area contributed by atoms with Gasteiger partial charge >= 0.3 is 11.9 Å². The van der Waals surface area contributed by atoms with Crippen LogP contribution in [0.5, 0.6) is 0 Å². The molecule has 1 fully saturated rings. The molecule has 136 valence electrons. The predicted molar refractivity (Wildman–Crippen MR) is 98.7 cm³/mol. The maximum absolute atomic E-state index is 11.8. The van der Waals surface area contributed by atoms with Gasteiger partial charge in [0.05, 0.1) is 0 Å². The molecule has 0 aliphatic heterocycles. The number of carbonyl (C=O) groups excluding carboxylic acids is 2. The van der Waals surface area contributed by atoms with Crippen molar-refractivity contribution in [1.29, 1.82) is 0 Å². The Morgan fingerprint density at radius 3 is 1.35 bits per heavy atom. The van der Waals surface area contributed by atoms with Crippen LogP contribution in [-0.4, -0.2) is 24.1 Å². The van der Waals surface area contributed by atoms with E-state index in [4.69, 9.17) is 9.47 Å². The molecule has 0 heterocycles. The molecule has 0 spiro atoms. The molecule has 0 unspecified atom stereocenters. The van der Waals surface area contributed by atoms with Crippen LogP contribution in [0, 0.1) is 0 Å². The summed E-state index contributed by atoms with van der Waals surface area (Å²) < 4.78 is 11.4. The lowest BCUT2D eigenvalue weighted by molar-refractivity contribution is -0.173. The Kier molecular flexibility index (Phi) is 5.71. The Bertz CT molecular complexity index is 676. The molecule has 0 N–H and O–H groups in total. The Hall–Kier alpha value is -2.62. The molecule has 2 aromatic carbocycles. The fourth-order valence-electron chi connectivity index (χ4n) is 3.94. The van der Waals surface area contributed by atoms with E-state index in [2.05, 4.69) is 0 Å². The summed E-state index contributed by atoms with van der Waals surface area (Å²) in [4.78, 5) is 23.6. The highest BCUT2D eigenvalue weighted by molar-refractivity contribution is 5.67. The molecule has 2 aromatic rings. The van der Waals surface area contributed by atoms with Gasteiger partial charge in [-0.1, -0.05) is 60.7 Å². The maximum atomic E-state index is 11.8. The topological polar surface area (TPSA) is 52.6 Å². The fraction of sp³-hybridized carbons (Fsp3) is 0.364. The van der Waals surface area contributed by atoms with Crippen LogP contribution in [0.3, 0.4) is 0 Å². The number of carbonyl (C=O) groups is 2. The van der Waals surface area contributed by atoms with Crippen molar-refractivity contribution in [2.75, 3.05) is 0 Å². The average Bonchev–Trinajstić information content (AvgIpc) is 2.63. The van der Waals surface area contributed by atoms with Gasteiger partial charge in [0.15, 0.2) is 0 Å². The van der Waals surface area contributed by atoms with Crippen molar-refractivity contribution in [3.05, 3.63) is 71.8 Å². The molecule has 0 bridgehead atoms. The van der Waals surface area contributed by atoms with Crippen LogP contribution in [0.15, 0.2) is 60.7 Å². The van der Waals surface area contributed by atoms with Gasteiger partial charge in [-0.2, -0.15) is 0 Å². The third kappa shape index (κ3) is 4.13. The predicted octanol–water partition coefficient (Wildman–Crippen LogP) is 4.21. The van der Waals surface area contributed by atoms with Gasteiger partial charge in [-0.25, -0.2) is 0 Å². The zero-order valence-corrected chi connectivity index (χ0v) is 15.1. The zero-order valence-electron chi connectivity index (χ0n) is 15.1. The normalized spacial score (nSPS) is 25.3. The molecule has 1 saturated carbocycles. The van der Waals surface area contributed by atoms with Crippen LogP contribution in [0.25, 0.3) is 0 Å². The minimum Gasteiger partial charge on any atom is -0.458 e. The molecular formula is C22H24O4. The molecule has 0 radical (unpaired) electrons. The third-order valence-corrected chi connectivity index (χ3v) is 4.97. The van der Waals surface area contributed by atoms with Crippen molar-refractivity contribution in [2.24, 2.45) is 0 Å². The van der Waals surface area contributed by atoms with Crippen LogP contribution in [0.4, 0.5) is 0 Å². The summed E-state index contributed by atoms with van der Waals surface area (Å²) in [5.41, 5.74) is 2.20. The highest BCUT2D eigenvalue weighted by Gasteiger charge is 2.44. The Balaban J connectivity index is 1.99. The van der Waals surface area contributed by atoms with Crippen LogP contribution in [0.2, 0.25) is 0 Å². The second kappa shape index (κ2) is 8.17. The molecular weight excluding hydrogens is 328 g/mol. The van der Waals surface area contributed by atoms with Crippen LogP contribution < -0.4 is 0 Å². The maximum Gasteiger partial charge on any atom is 0.303 e. The molecule has 4 heteroatoms. The first-order valence-electron chi connectivity index (χ1n) is 9.00. The first-order chi connectivity index (χ1) is 12.6. The molecule has 26 heavy (non-hydrogen) atoms. The lowest BCUT2D eigenvalue weighted by Crippen LogP contribution is -2.46. The summed E-state index contributed by atoms with van der Waals surface area (Å²) in [6, 6.07) is 20.0. The van der Waals surface area contributed by atoms with E-state index in [0.717, 1.165) is 24.0 Å². The number of ether oxygens (including phenoxy) is 2. The van der Waals surface area contributed by atoms with Crippen molar-refractivity contribution < 1.29 is 19.1 Å². The molecule has 4 atom stereocenters. The van der Waals surface area contributed by atoms with E-state index in [9.17, 15) is 9.59 Å². The van der Waals surface area contributed by atoms with Crippen molar-refractivity contribution in [3.63, 3.8) is 0 Å². The number of rotatable bonds is 4. The van der Waals surface area contributed by atoms with E-state index in [1.54, 1.807) is 0 Å². The van der Waals surface area contributed by atoms with Gasteiger partial charge in [0, 0.05) is 25.7 Å². The second-order valence-corrected chi connectivity index (χ2v) is 6.76. The first-order valence-corrected chi connectivity index (χ1v) is 9.00. The number of hydrogen-bond acceptors (Lipinski definition) is 4. The Labute approximate surface area is 154 Å². The first kappa shape index (κ1) is 18.2. The van der Waals surface area contributed by atoms with Gasteiger partial charge in [0.2, 0.25) is 0 Å². The molecule has 1 aliphatic rings. The van der Waals surface area contributed by atoms with E-state index in [-0.39, 0.29) is 23.8 Å². The number of esters is 2. The Morgan fingerprint density at radius 1 is 0.692 bits per heavy atom. The third-order valence-electron chi connectivity index (χ3n) is 4.97. The number of benzene rings is 2. The molecule has 3 rings (SSSR count). The highest BCUT2D eigenvalue weighted by atomic mass is 16.6. The summed E-state index contributed by atoms with van der Waals surface area (Å²) >= 11 is 0. The van der Waals surface area contributed by atoms with E-state index >= 15 is 0 Å². The van der Waals surface area contributed by atoms with Gasteiger partial charge in [0.25, 0.3) is 0 Å². The highest BCUT2D eigenvalue weighted by Crippen LogP contribution is 2.43. The van der Waals surface area contributed by atoms with E-state index < -0.39 is 12.2 Å². The number of hydrogen-bond donors (Lipinski definition) is 0. The van der Waals surface area contributed by atoms with Gasteiger partial charge in [-0.15, -0.1) is 0 Å². The fourth-order valence-corrected chi connectivity index (χ4v) is 3.94. The van der Waals surface area contributed by atoms with Crippen LogP contribution >= 0.6 is 0 Å². The molecule has 0 amide bonds. The van der Waals surface area contributed by atoms with Crippen molar-refractivity contribution in [2.45, 2.75) is 50.7 Å². The monoisotopic (exact) mass is 352 g/mol. The minimum absolute atomic E-state index is 0.00409. The molecule has 4 nitrogen and oxygen atoms in total. The quantitative estimate of drug-likeness (QED) is 0.774. The molecule has 0 aromatic heterocycles. The van der Waals surface area contributed by atoms with Crippen molar-refractivity contribution >= 4 is 11.9 Å². The summed E-state index contributed by atoms with van der Waals surface area (Å²) in [6.07, 6.45) is 0.717. The average molecular weight is 352 g/mol. The summed E-state index contributed by atoms with van der Waals surface area (Å²) in [7, 11) is 0. The summed E-state index contributed by atoms with van der Waals surface area (Å²) in [5, 5.41) is 0. The van der Waals surface area contributed by atoms with E-state index in [0.29, 0.717) is 0 Å². The second-order valence-electron chi connectivity index (χ2n) is 6.76. The van der Waals surface area contributed by atoms with Gasteiger partial charge < -0.3 is 9.47 Å².